The van der Waals surface area contributed by atoms with E-state index in [1.807, 2.05) is 12.1 Å². The van der Waals surface area contributed by atoms with Crippen molar-refractivity contribution in [3.63, 3.8) is 0 Å². The minimum atomic E-state index is -0.703. The van der Waals surface area contributed by atoms with Crippen molar-refractivity contribution in [1.82, 2.24) is 5.32 Å². The number of hydrogen-bond acceptors (Lipinski definition) is 2. The average molecular weight is 287 g/mol. The van der Waals surface area contributed by atoms with Gasteiger partial charge in [0.25, 0.3) is 0 Å². The molecule has 2 aliphatic rings. The van der Waals surface area contributed by atoms with Crippen LogP contribution in [0.5, 0.6) is 0 Å². The number of aliphatic carboxylic acids is 1. The minimum Gasteiger partial charge on any atom is -0.481 e. The molecule has 0 radical (unpaired) electrons. The zero-order chi connectivity index (χ0) is 14.8. The van der Waals surface area contributed by atoms with Gasteiger partial charge in [0, 0.05) is 12.0 Å². The summed E-state index contributed by atoms with van der Waals surface area (Å²) in [7, 11) is 0. The van der Waals surface area contributed by atoms with E-state index in [0.717, 1.165) is 25.7 Å². The maximum absolute atomic E-state index is 12.4. The molecule has 3 rings (SSSR count). The van der Waals surface area contributed by atoms with Crippen LogP contribution in [0.3, 0.4) is 0 Å². The van der Waals surface area contributed by atoms with Crippen LogP contribution in [0.2, 0.25) is 0 Å². The first-order valence-electron chi connectivity index (χ1n) is 7.73. The molecule has 21 heavy (non-hydrogen) atoms. The van der Waals surface area contributed by atoms with Crippen molar-refractivity contribution in [1.29, 1.82) is 0 Å². The summed E-state index contributed by atoms with van der Waals surface area (Å²) < 4.78 is 0. The van der Waals surface area contributed by atoms with E-state index < -0.39 is 5.97 Å². The summed E-state index contributed by atoms with van der Waals surface area (Å²) in [6.45, 7) is 0. The summed E-state index contributed by atoms with van der Waals surface area (Å²) in [6, 6.07) is 8.39. The molecular weight excluding hydrogens is 266 g/mol. The van der Waals surface area contributed by atoms with E-state index in [2.05, 4.69) is 17.4 Å². The maximum atomic E-state index is 12.4. The lowest BCUT2D eigenvalue weighted by molar-refractivity contribution is -0.142. The predicted octanol–water partition coefficient (Wildman–Crippen LogP) is 2.16. The molecule has 1 fully saturated rings. The molecule has 4 heteroatoms. The van der Waals surface area contributed by atoms with Gasteiger partial charge in [-0.2, -0.15) is 0 Å². The summed E-state index contributed by atoms with van der Waals surface area (Å²) in [5, 5.41) is 12.1. The highest BCUT2D eigenvalue weighted by Crippen LogP contribution is 2.28. The van der Waals surface area contributed by atoms with Gasteiger partial charge in [0.2, 0.25) is 5.91 Å². The number of benzene rings is 1. The Bertz CT molecular complexity index is 522. The van der Waals surface area contributed by atoms with Gasteiger partial charge in [-0.3, -0.25) is 9.59 Å². The van der Waals surface area contributed by atoms with Crippen LogP contribution in [0.1, 0.15) is 36.8 Å². The number of carbonyl (C=O) groups is 2. The summed E-state index contributed by atoms with van der Waals surface area (Å²) in [5.41, 5.74) is 2.57. The summed E-state index contributed by atoms with van der Waals surface area (Å²) >= 11 is 0. The molecule has 4 nitrogen and oxygen atoms in total. The van der Waals surface area contributed by atoms with Crippen molar-refractivity contribution in [2.24, 2.45) is 11.8 Å². The van der Waals surface area contributed by atoms with E-state index in [-0.39, 0.29) is 23.8 Å². The Morgan fingerprint density at radius 1 is 0.952 bits per heavy atom. The van der Waals surface area contributed by atoms with Gasteiger partial charge < -0.3 is 10.4 Å². The lowest BCUT2D eigenvalue weighted by Crippen LogP contribution is -2.41. The molecule has 0 saturated heterocycles. The van der Waals surface area contributed by atoms with Gasteiger partial charge in [0.1, 0.15) is 0 Å². The number of carboxylic acid groups (broad SMARTS) is 1. The Labute approximate surface area is 124 Å². The van der Waals surface area contributed by atoms with Gasteiger partial charge in [0.15, 0.2) is 0 Å². The van der Waals surface area contributed by atoms with Crippen LogP contribution >= 0.6 is 0 Å². The highest BCUT2D eigenvalue weighted by atomic mass is 16.4. The first-order valence-corrected chi connectivity index (χ1v) is 7.73. The van der Waals surface area contributed by atoms with E-state index in [1.54, 1.807) is 0 Å². The molecule has 0 spiro atoms. The Morgan fingerprint density at radius 3 is 2.05 bits per heavy atom. The largest absolute Gasteiger partial charge is 0.481 e. The maximum Gasteiger partial charge on any atom is 0.306 e. The monoisotopic (exact) mass is 287 g/mol. The molecule has 0 aliphatic heterocycles. The van der Waals surface area contributed by atoms with Gasteiger partial charge in [-0.15, -0.1) is 0 Å². The molecule has 0 bridgehead atoms. The number of nitrogens with one attached hydrogen (secondary N) is 1. The lowest BCUT2D eigenvalue weighted by Gasteiger charge is -2.27. The third kappa shape index (κ3) is 3.09. The fourth-order valence-electron chi connectivity index (χ4n) is 3.55. The van der Waals surface area contributed by atoms with Crippen LogP contribution in [0, 0.1) is 11.8 Å². The molecule has 0 atom stereocenters. The van der Waals surface area contributed by atoms with Crippen molar-refractivity contribution in [2.75, 3.05) is 0 Å². The number of rotatable bonds is 3. The lowest BCUT2D eigenvalue weighted by atomic mass is 9.86. The topological polar surface area (TPSA) is 66.4 Å². The normalized spacial score (nSPS) is 25.3. The molecule has 1 amide bonds. The van der Waals surface area contributed by atoms with E-state index in [9.17, 15) is 9.59 Å². The third-order valence-corrected chi connectivity index (χ3v) is 4.84. The smallest absolute Gasteiger partial charge is 0.306 e. The Hall–Kier alpha value is -1.84. The number of carbonyl (C=O) groups excluding carboxylic acids is 1. The van der Waals surface area contributed by atoms with Crippen molar-refractivity contribution < 1.29 is 14.7 Å². The Morgan fingerprint density at radius 2 is 1.52 bits per heavy atom. The fourth-order valence-corrected chi connectivity index (χ4v) is 3.55. The Kier molecular flexibility index (Phi) is 3.95. The average Bonchev–Trinajstić information content (AvgIpc) is 2.92. The second kappa shape index (κ2) is 5.88. The molecule has 1 aromatic carbocycles. The standard InChI is InChI=1S/C17H21NO3/c19-16(14-9-12-3-1-2-4-13(12)10-14)18-15-7-5-11(6-8-15)17(20)21/h1-4,11,14-15H,5-10H2,(H,18,19)(H,20,21). The third-order valence-electron chi connectivity index (χ3n) is 4.84. The summed E-state index contributed by atoms with van der Waals surface area (Å²) in [4.78, 5) is 23.3. The molecule has 2 aliphatic carbocycles. The van der Waals surface area contributed by atoms with E-state index in [4.69, 9.17) is 5.11 Å². The van der Waals surface area contributed by atoms with Crippen LogP contribution in [0.15, 0.2) is 24.3 Å². The van der Waals surface area contributed by atoms with Crippen LogP contribution in [0.25, 0.3) is 0 Å². The number of carboxylic acids is 1. The summed E-state index contributed by atoms with van der Waals surface area (Å²) in [6.07, 6.45) is 4.56. The van der Waals surface area contributed by atoms with Gasteiger partial charge in [-0.1, -0.05) is 24.3 Å². The van der Waals surface area contributed by atoms with Crippen LogP contribution in [-0.2, 0) is 22.4 Å². The first kappa shape index (κ1) is 14.1. The van der Waals surface area contributed by atoms with Crippen molar-refractivity contribution >= 4 is 11.9 Å². The number of fused-ring (bicyclic) bond motifs is 1. The SMILES string of the molecule is O=C(O)C1CCC(NC(=O)C2Cc3ccccc3C2)CC1. The summed E-state index contributed by atoms with van der Waals surface area (Å²) in [5.74, 6) is -0.760. The van der Waals surface area contributed by atoms with Crippen LogP contribution in [-0.4, -0.2) is 23.0 Å². The zero-order valence-corrected chi connectivity index (χ0v) is 12.0. The number of amides is 1. The molecular formula is C17H21NO3. The fraction of sp³-hybridized carbons (Fsp3) is 0.529. The van der Waals surface area contributed by atoms with Crippen LogP contribution in [0.4, 0.5) is 0 Å². The molecule has 1 saturated carbocycles. The van der Waals surface area contributed by atoms with Gasteiger partial charge in [0.05, 0.1) is 5.92 Å². The predicted molar refractivity (Wildman–Crippen MR) is 78.9 cm³/mol. The molecule has 1 aromatic rings. The Balaban J connectivity index is 1.51. The highest BCUT2D eigenvalue weighted by Gasteiger charge is 2.31. The number of hydrogen-bond donors (Lipinski definition) is 2. The highest BCUT2D eigenvalue weighted by molar-refractivity contribution is 5.80. The van der Waals surface area contributed by atoms with E-state index >= 15 is 0 Å². The first-order chi connectivity index (χ1) is 10.1. The van der Waals surface area contributed by atoms with E-state index in [0.29, 0.717) is 12.8 Å². The van der Waals surface area contributed by atoms with Crippen molar-refractivity contribution in [3.05, 3.63) is 35.4 Å². The molecule has 0 aromatic heterocycles. The molecule has 0 heterocycles. The van der Waals surface area contributed by atoms with E-state index in [1.165, 1.54) is 11.1 Å². The van der Waals surface area contributed by atoms with Crippen molar-refractivity contribution in [3.8, 4) is 0 Å². The zero-order valence-electron chi connectivity index (χ0n) is 12.0. The van der Waals surface area contributed by atoms with Gasteiger partial charge >= 0.3 is 5.97 Å². The van der Waals surface area contributed by atoms with Gasteiger partial charge in [-0.05, 0) is 49.7 Å². The van der Waals surface area contributed by atoms with Crippen LogP contribution < -0.4 is 5.32 Å². The minimum absolute atomic E-state index is 0.0413. The molecule has 2 N–H and O–H groups in total. The van der Waals surface area contributed by atoms with Gasteiger partial charge in [-0.25, -0.2) is 0 Å². The van der Waals surface area contributed by atoms with Crippen molar-refractivity contribution in [2.45, 2.75) is 44.6 Å². The molecule has 0 unspecified atom stereocenters. The second-order valence-electron chi connectivity index (χ2n) is 6.27. The second-order valence-corrected chi connectivity index (χ2v) is 6.27. The molecule has 112 valence electrons. The quantitative estimate of drug-likeness (QED) is 0.895.